The summed E-state index contributed by atoms with van der Waals surface area (Å²) in [6.45, 7) is 0.599. The molecule has 0 aliphatic heterocycles. The second kappa shape index (κ2) is 5.61. The van der Waals surface area contributed by atoms with E-state index >= 15 is 0 Å². The monoisotopic (exact) mass is 264 g/mol. The third kappa shape index (κ3) is 2.57. The summed E-state index contributed by atoms with van der Waals surface area (Å²) in [6, 6.07) is 17.7. The molecule has 3 nitrogen and oxygen atoms in total. The summed E-state index contributed by atoms with van der Waals surface area (Å²) in [7, 11) is 0. The summed E-state index contributed by atoms with van der Waals surface area (Å²) in [5, 5.41) is 1.04. The molecule has 1 heterocycles. The Bertz CT molecular complexity index is 720. The molecule has 0 aliphatic carbocycles. The van der Waals surface area contributed by atoms with Gasteiger partial charge in [-0.2, -0.15) is 0 Å². The molecule has 3 rings (SSSR count). The van der Waals surface area contributed by atoms with Crippen molar-refractivity contribution in [1.82, 2.24) is 4.98 Å². The van der Waals surface area contributed by atoms with E-state index in [9.17, 15) is 0 Å². The molecule has 0 saturated heterocycles. The predicted octanol–water partition coefficient (Wildman–Crippen LogP) is 3.44. The normalized spacial score (nSPS) is 10.6. The van der Waals surface area contributed by atoms with E-state index in [1.54, 1.807) is 6.20 Å². The molecule has 2 aromatic carbocycles. The third-order valence-corrected chi connectivity index (χ3v) is 3.29. The van der Waals surface area contributed by atoms with Gasteiger partial charge >= 0.3 is 0 Å². The zero-order valence-electron chi connectivity index (χ0n) is 11.1. The van der Waals surface area contributed by atoms with E-state index in [0.717, 1.165) is 34.3 Å². The lowest BCUT2D eigenvalue weighted by Gasteiger charge is -2.10. The Hall–Kier alpha value is -2.55. The van der Waals surface area contributed by atoms with Crippen molar-refractivity contribution in [2.24, 2.45) is 0 Å². The van der Waals surface area contributed by atoms with Crippen LogP contribution in [0.3, 0.4) is 0 Å². The number of nitrogens with two attached hydrogens (primary N) is 1. The molecule has 0 saturated carbocycles. The number of nitrogens with zero attached hydrogens (tertiary/aromatic N) is 1. The van der Waals surface area contributed by atoms with Crippen LogP contribution < -0.4 is 10.5 Å². The van der Waals surface area contributed by atoms with Gasteiger partial charge in [0.05, 0.1) is 12.1 Å². The highest BCUT2D eigenvalue weighted by atomic mass is 16.5. The standard InChI is InChI=1S/C17H16N2O/c18-15-7-2-1-5-13(15)10-12-20-17-9-3-8-16-14(17)6-4-11-19-16/h1-9,11H,10,12,18H2. The van der Waals surface area contributed by atoms with Gasteiger partial charge in [-0.1, -0.05) is 24.3 Å². The third-order valence-electron chi connectivity index (χ3n) is 3.29. The number of anilines is 1. The van der Waals surface area contributed by atoms with Crippen LogP contribution in [0.5, 0.6) is 5.75 Å². The first-order valence-electron chi connectivity index (χ1n) is 6.64. The Morgan fingerprint density at radius 2 is 1.85 bits per heavy atom. The van der Waals surface area contributed by atoms with Gasteiger partial charge in [-0.05, 0) is 35.9 Å². The first-order chi connectivity index (χ1) is 9.84. The van der Waals surface area contributed by atoms with Gasteiger partial charge in [0.15, 0.2) is 0 Å². The quantitative estimate of drug-likeness (QED) is 0.734. The lowest BCUT2D eigenvalue weighted by atomic mass is 10.1. The molecule has 3 aromatic rings. The van der Waals surface area contributed by atoms with Crippen molar-refractivity contribution >= 4 is 16.6 Å². The van der Waals surface area contributed by atoms with Gasteiger partial charge in [0.25, 0.3) is 0 Å². The van der Waals surface area contributed by atoms with Crippen molar-refractivity contribution in [1.29, 1.82) is 0 Å². The first-order valence-corrected chi connectivity index (χ1v) is 6.64. The van der Waals surface area contributed by atoms with Crippen LogP contribution in [0.4, 0.5) is 5.69 Å². The average Bonchev–Trinajstić information content (AvgIpc) is 2.49. The zero-order valence-corrected chi connectivity index (χ0v) is 11.1. The van der Waals surface area contributed by atoms with E-state index in [4.69, 9.17) is 10.5 Å². The highest BCUT2D eigenvalue weighted by molar-refractivity contribution is 5.84. The van der Waals surface area contributed by atoms with E-state index in [0.29, 0.717) is 6.61 Å². The number of benzene rings is 2. The van der Waals surface area contributed by atoms with E-state index in [-0.39, 0.29) is 0 Å². The fourth-order valence-electron chi connectivity index (χ4n) is 2.23. The van der Waals surface area contributed by atoms with E-state index in [1.807, 2.05) is 54.6 Å². The summed E-state index contributed by atoms with van der Waals surface area (Å²) < 4.78 is 5.88. The van der Waals surface area contributed by atoms with Crippen molar-refractivity contribution in [2.45, 2.75) is 6.42 Å². The van der Waals surface area contributed by atoms with E-state index in [1.165, 1.54) is 0 Å². The molecule has 3 heteroatoms. The highest BCUT2D eigenvalue weighted by Gasteiger charge is 2.03. The van der Waals surface area contributed by atoms with Crippen LogP contribution in [0.1, 0.15) is 5.56 Å². The summed E-state index contributed by atoms with van der Waals surface area (Å²) in [5.41, 5.74) is 8.81. The van der Waals surface area contributed by atoms with Crippen LogP contribution in [0.15, 0.2) is 60.8 Å². The van der Waals surface area contributed by atoms with Crippen LogP contribution in [0.25, 0.3) is 10.9 Å². The maximum atomic E-state index is 5.92. The Morgan fingerprint density at radius 1 is 0.950 bits per heavy atom. The fraction of sp³-hybridized carbons (Fsp3) is 0.118. The lowest BCUT2D eigenvalue weighted by Crippen LogP contribution is -2.04. The molecule has 2 N–H and O–H groups in total. The predicted molar refractivity (Wildman–Crippen MR) is 81.8 cm³/mol. The molecule has 1 aromatic heterocycles. The summed E-state index contributed by atoms with van der Waals surface area (Å²) >= 11 is 0. The van der Waals surface area contributed by atoms with Gasteiger partial charge < -0.3 is 10.5 Å². The van der Waals surface area contributed by atoms with Crippen LogP contribution in [-0.4, -0.2) is 11.6 Å². The second-order valence-corrected chi connectivity index (χ2v) is 4.62. The van der Waals surface area contributed by atoms with Crippen LogP contribution in [0.2, 0.25) is 0 Å². The molecular formula is C17H16N2O. The number of fused-ring (bicyclic) bond motifs is 1. The fourth-order valence-corrected chi connectivity index (χ4v) is 2.23. The number of hydrogen-bond donors (Lipinski definition) is 1. The lowest BCUT2D eigenvalue weighted by molar-refractivity contribution is 0.326. The number of hydrogen-bond acceptors (Lipinski definition) is 3. The molecule has 0 unspecified atom stereocenters. The van der Waals surface area contributed by atoms with Crippen molar-refractivity contribution in [3.05, 3.63) is 66.4 Å². The summed E-state index contributed by atoms with van der Waals surface area (Å²) in [4.78, 5) is 4.32. The number of pyridine rings is 1. The van der Waals surface area contributed by atoms with Gasteiger partial charge in [0.2, 0.25) is 0 Å². The largest absolute Gasteiger partial charge is 0.493 e. The molecule has 0 spiro atoms. The molecule has 0 amide bonds. The number of aromatic nitrogens is 1. The highest BCUT2D eigenvalue weighted by Crippen LogP contribution is 2.24. The average molecular weight is 264 g/mol. The molecule has 0 aliphatic rings. The summed E-state index contributed by atoms with van der Waals surface area (Å²) in [6.07, 6.45) is 2.58. The number of ether oxygens (including phenoxy) is 1. The van der Waals surface area contributed by atoms with Crippen LogP contribution in [-0.2, 0) is 6.42 Å². The molecule has 0 atom stereocenters. The summed E-state index contributed by atoms with van der Waals surface area (Å²) in [5.74, 6) is 0.866. The number of nitrogen functional groups attached to an aromatic ring is 1. The molecular weight excluding hydrogens is 248 g/mol. The van der Waals surface area contributed by atoms with E-state index in [2.05, 4.69) is 4.98 Å². The molecule has 20 heavy (non-hydrogen) atoms. The minimum atomic E-state index is 0.599. The van der Waals surface area contributed by atoms with Gasteiger partial charge in [-0.3, -0.25) is 4.98 Å². The van der Waals surface area contributed by atoms with Crippen molar-refractivity contribution in [2.75, 3.05) is 12.3 Å². The molecule has 100 valence electrons. The van der Waals surface area contributed by atoms with E-state index < -0.39 is 0 Å². The Kier molecular flexibility index (Phi) is 3.50. The Labute approximate surface area is 118 Å². The number of rotatable bonds is 4. The first kappa shape index (κ1) is 12.5. The maximum absolute atomic E-state index is 5.92. The van der Waals surface area contributed by atoms with Crippen molar-refractivity contribution in [3.63, 3.8) is 0 Å². The van der Waals surface area contributed by atoms with Crippen molar-refractivity contribution < 1.29 is 4.74 Å². The minimum Gasteiger partial charge on any atom is -0.493 e. The molecule has 0 bridgehead atoms. The van der Waals surface area contributed by atoms with Gasteiger partial charge in [-0.15, -0.1) is 0 Å². The van der Waals surface area contributed by atoms with Gasteiger partial charge in [0, 0.05) is 23.7 Å². The zero-order chi connectivity index (χ0) is 13.8. The molecule has 0 radical (unpaired) electrons. The van der Waals surface area contributed by atoms with Crippen LogP contribution >= 0.6 is 0 Å². The number of para-hydroxylation sites is 1. The van der Waals surface area contributed by atoms with Gasteiger partial charge in [0.1, 0.15) is 5.75 Å². The Morgan fingerprint density at radius 3 is 2.75 bits per heavy atom. The van der Waals surface area contributed by atoms with Crippen LogP contribution in [0, 0.1) is 0 Å². The second-order valence-electron chi connectivity index (χ2n) is 4.62. The SMILES string of the molecule is Nc1ccccc1CCOc1cccc2ncccc12. The van der Waals surface area contributed by atoms with Gasteiger partial charge in [-0.25, -0.2) is 0 Å². The minimum absolute atomic E-state index is 0.599. The van der Waals surface area contributed by atoms with Crippen molar-refractivity contribution in [3.8, 4) is 5.75 Å². The Balaban J connectivity index is 1.73. The topological polar surface area (TPSA) is 48.1 Å². The smallest absolute Gasteiger partial charge is 0.128 e. The molecule has 0 fully saturated rings. The maximum Gasteiger partial charge on any atom is 0.128 e.